The highest BCUT2D eigenvalue weighted by atomic mass is 79.9. The van der Waals surface area contributed by atoms with E-state index >= 15 is 0 Å². The first kappa shape index (κ1) is 22.1. The third kappa shape index (κ3) is 4.44. The highest BCUT2D eigenvalue weighted by Gasteiger charge is 2.29. The van der Waals surface area contributed by atoms with E-state index < -0.39 is 18.0 Å². The van der Waals surface area contributed by atoms with Gasteiger partial charge >= 0.3 is 11.9 Å². The van der Waals surface area contributed by atoms with Gasteiger partial charge in [-0.3, -0.25) is 9.48 Å². The molecular formula is C18H22BrN3O5S. The summed E-state index contributed by atoms with van der Waals surface area (Å²) in [6, 6.07) is -0.630. The van der Waals surface area contributed by atoms with Crippen LogP contribution in [0.2, 0.25) is 0 Å². The van der Waals surface area contributed by atoms with Gasteiger partial charge in [-0.15, -0.1) is 11.3 Å². The van der Waals surface area contributed by atoms with Crippen LogP contribution in [0, 0.1) is 13.8 Å². The second-order valence-corrected chi connectivity index (χ2v) is 7.76. The molecule has 0 bridgehead atoms. The number of esters is 2. The number of amides is 1. The number of aromatic nitrogens is 2. The van der Waals surface area contributed by atoms with E-state index in [2.05, 4.69) is 26.3 Å². The Hall–Kier alpha value is -2.20. The van der Waals surface area contributed by atoms with Crippen LogP contribution in [-0.2, 0) is 14.3 Å². The van der Waals surface area contributed by atoms with Crippen LogP contribution in [0.4, 0.5) is 5.00 Å². The molecule has 1 atom stereocenters. The van der Waals surface area contributed by atoms with Gasteiger partial charge in [0.1, 0.15) is 15.9 Å². The highest BCUT2D eigenvalue weighted by Crippen LogP contribution is 2.35. The fourth-order valence-electron chi connectivity index (χ4n) is 2.56. The van der Waals surface area contributed by atoms with Crippen LogP contribution >= 0.6 is 27.3 Å². The zero-order valence-electron chi connectivity index (χ0n) is 16.3. The molecule has 0 radical (unpaired) electrons. The number of rotatable bonds is 7. The molecule has 0 spiro atoms. The summed E-state index contributed by atoms with van der Waals surface area (Å²) in [5.41, 5.74) is 1.37. The molecule has 28 heavy (non-hydrogen) atoms. The van der Waals surface area contributed by atoms with Crippen LogP contribution in [0.15, 0.2) is 10.7 Å². The Bertz CT molecular complexity index is 905. The molecule has 0 aliphatic rings. The molecule has 2 aromatic heterocycles. The van der Waals surface area contributed by atoms with Gasteiger partial charge in [-0.2, -0.15) is 5.10 Å². The van der Waals surface area contributed by atoms with Crippen LogP contribution in [-0.4, -0.2) is 40.8 Å². The molecule has 0 fully saturated rings. The fraction of sp³-hybridized carbons (Fsp3) is 0.444. The number of carbonyl (C=O) groups is 3. The maximum atomic E-state index is 12.8. The molecule has 1 N–H and O–H groups in total. The van der Waals surface area contributed by atoms with Gasteiger partial charge in [0.25, 0.3) is 0 Å². The minimum absolute atomic E-state index is 0.161. The quantitative estimate of drug-likeness (QED) is 0.615. The van der Waals surface area contributed by atoms with E-state index in [0.717, 1.165) is 21.5 Å². The normalized spacial score (nSPS) is 11.8. The first-order chi connectivity index (χ1) is 13.2. The summed E-state index contributed by atoms with van der Waals surface area (Å²) < 4.78 is 12.5. The maximum Gasteiger partial charge on any atom is 0.348 e. The fourth-order valence-corrected chi connectivity index (χ4v) is 3.93. The number of ether oxygens (including phenoxy) is 2. The zero-order valence-corrected chi connectivity index (χ0v) is 18.7. The number of nitrogens with zero attached hydrogens (tertiary/aromatic N) is 2. The van der Waals surface area contributed by atoms with Gasteiger partial charge in [0, 0.05) is 0 Å². The van der Waals surface area contributed by atoms with Crippen molar-refractivity contribution in [3.05, 3.63) is 32.4 Å². The lowest BCUT2D eigenvalue weighted by Crippen LogP contribution is -2.25. The van der Waals surface area contributed by atoms with E-state index in [9.17, 15) is 14.4 Å². The van der Waals surface area contributed by atoms with Crippen molar-refractivity contribution in [3.8, 4) is 0 Å². The SMILES string of the molecule is CCOC(=O)c1sc(NC(=O)C(C)n2ncc(Br)c2C)c(C(=O)OCC)c1C. The monoisotopic (exact) mass is 471 g/mol. The van der Waals surface area contributed by atoms with Crippen molar-refractivity contribution in [2.45, 2.75) is 40.7 Å². The van der Waals surface area contributed by atoms with Gasteiger partial charge in [-0.1, -0.05) is 0 Å². The summed E-state index contributed by atoms with van der Waals surface area (Å²) in [5.74, 6) is -1.52. The van der Waals surface area contributed by atoms with Crippen molar-refractivity contribution in [2.24, 2.45) is 0 Å². The van der Waals surface area contributed by atoms with Crippen molar-refractivity contribution in [2.75, 3.05) is 18.5 Å². The molecule has 0 aliphatic carbocycles. The predicted octanol–water partition coefficient (Wildman–Crippen LogP) is 3.88. The summed E-state index contributed by atoms with van der Waals surface area (Å²) in [7, 11) is 0. The third-order valence-electron chi connectivity index (χ3n) is 4.05. The molecular weight excluding hydrogens is 450 g/mol. The molecule has 8 nitrogen and oxygen atoms in total. The van der Waals surface area contributed by atoms with E-state index in [1.807, 2.05) is 6.92 Å². The Labute approximate surface area is 175 Å². The molecule has 10 heteroatoms. The second kappa shape index (κ2) is 9.33. The van der Waals surface area contributed by atoms with Gasteiger partial charge in [-0.05, 0) is 56.1 Å². The summed E-state index contributed by atoms with van der Waals surface area (Å²) in [5, 5.41) is 7.17. The molecule has 0 saturated heterocycles. The lowest BCUT2D eigenvalue weighted by Gasteiger charge is -2.14. The minimum Gasteiger partial charge on any atom is -0.462 e. The number of carbonyl (C=O) groups excluding carboxylic acids is 3. The lowest BCUT2D eigenvalue weighted by atomic mass is 10.1. The molecule has 0 saturated carbocycles. The van der Waals surface area contributed by atoms with Gasteiger partial charge in [0.05, 0.1) is 35.1 Å². The number of halogens is 1. The second-order valence-electron chi connectivity index (χ2n) is 5.89. The van der Waals surface area contributed by atoms with Crippen LogP contribution in [0.25, 0.3) is 0 Å². The number of thiophene rings is 1. The van der Waals surface area contributed by atoms with Gasteiger partial charge in [0.2, 0.25) is 5.91 Å². The van der Waals surface area contributed by atoms with Crippen molar-refractivity contribution < 1.29 is 23.9 Å². The summed E-state index contributed by atoms with van der Waals surface area (Å²) in [6.45, 7) is 8.91. The largest absolute Gasteiger partial charge is 0.462 e. The minimum atomic E-state index is -0.630. The zero-order chi connectivity index (χ0) is 21.0. The van der Waals surface area contributed by atoms with Crippen molar-refractivity contribution in [1.29, 1.82) is 0 Å². The average molecular weight is 472 g/mol. The molecule has 2 aromatic rings. The molecule has 0 aliphatic heterocycles. The summed E-state index contributed by atoms with van der Waals surface area (Å²) >= 11 is 4.36. The number of anilines is 1. The summed E-state index contributed by atoms with van der Waals surface area (Å²) in [4.78, 5) is 37.7. The topological polar surface area (TPSA) is 99.5 Å². The Morgan fingerprint density at radius 2 is 1.82 bits per heavy atom. The Morgan fingerprint density at radius 3 is 2.36 bits per heavy atom. The molecule has 152 valence electrons. The molecule has 0 aromatic carbocycles. The Balaban J connectivity index is 2.38. The molecule has 2 rings (SSSR count). The Kier molecular flexibility index (Phi) is 7.36. The average Bonchev–Trinajstić information content (AvgIpc) is 3.14. The first-order valence-electron chi connectivity index (χ1n) is 8.70. The van der Waals surface area contributed by atoms with Crippen molar-refractivity contribution >= 4 is 50.1 Å². The van der Waals surface area contributed by atoms with Crippen LogP contribution in [0.5, 0.6) is 0 Å². The molecule has 1 amide bonds. The van der Waals surface area contributed by atoms with Crippen LogP contribution in [0.3, 0.4) is 0 Å². The summed E-state index contributed by atoms with van der Waals surface area (Å²) in [6.07, 6.45) is 1.61. The van der Waals surface area contributed by atoms with Crippen molar-refractivity contribution in [3.63, 3.8) is 0 Å². The van der Waals surface area contributed by atoms with E-state index in [0.29, 0.717) is 5.56 Å². The standard InChI is InChI=1S/C18H22BrN3O5S/c1-6-26-17(24)13-9(3)14(18(25)27-7-2)28-16(13)21-15(23)11(5)22-10(4)12(19)8-20-22/h8,11H,6-7H2,1-5H3,(H,21,23). The smallest absolute Gasteiger partial charge is 0.348 e. The highest BCUT2D eigenvalue weighted by molar-refractivity contribution is 9.10. The lowest BCUT2D eigenvalue weighted by molar-refractivity contribution is -0.119. The van der Waals surface area contributed by atoms with E-state index in [4.69, 9.17) is 9.47 Å². The van der Waals surface area contributed by atoms with Gasteiger partial charge in [-0.25, -0.2) is 9.59 Å². The Morgan fingerprint density at radius 1 is 1.21 bits per heavy atom. The van der Waals surface area contributed by atoms with E-state index in [1.54, 1.807) is 38.6 Å². The van der Waals surface area contributed by atoms with Crippen LogP contribution in [0.1, 0.15) is 58.1 Å². The number of nitrogens with one attached hydrogen (secondary N) is 1. The maximum absolute atomic E-state index is 12.8. The number of hydrogen-bond donors (Lipinski definition) is 1. The predicted molar refractivity (Wildman–Crippen MR) is 109 cm³/mol. The third-order valence-corrected chi connectivity index (χ3v) is 6.02. The van der Waals surface area contributed by atoms with Crippen molar-refractivity contribution in [1.82, 2.24) is 9.78 Å². The van der Waals surface area contributed by atoms with Gasteiger partial charge < -0.3 is 14.8 Å². The van der Waals surface area contributed by atoms with Gasteiger partial charge in [0.15, 0.2) is 0 Å². The molecule has 1 unspecified atom stereocenters. The molecule has 2 heterocycles. The first-order valence-corrected chi connectivity index (χ1v) is 10.3. The van der Waals surface area contributed by atoms with E-state index in [-0.39, 0.29) is 34.6 Å². The van der Waals surface area contributed by atoms with E-state index in [1.165, 1.54) is 0 Å². The van der Waals surface area contributed by atoms with Crippen LogP contribution < -0.4 is 5.32 Å². The number of hydrogen-bond acceptors (Lipinski definition) is 7.